The molecule has 2 unspecified atom stereocenters. The first-order valence-electron chi connectivity index (χ1n) is 6.02. The zero-order chi connectivity index (χ0) is 13.1. The van der Waals surface area contributed by atoms with E-state index in [4.69, 9.17) is 22.1 Å². The third-order valence-electron chi connectivity index (χ3n) is 3.33. The second-order valence-electron chi connectivity index (χ2n) is 4.54. The molecule has 1 amide bonds. The lowest BCUT2D eigenvalue weighted by Gasteiger charge is -2.15. The lowest BCUT2D eigenvalue weighted by atomic mass is 10.0. The van der Waals surface area contributed by atoms with Crippen LogP contribution >= 0.6 is 24.0 Å². The number of anilines is 1. The summed E-state index contributed by atoms with van der Waals surface area (Å²) in [6.45, 7) is 0. The highest BCUT2D eigenvalue weighted by Gasteiger charge is 2.30. The van der Waals surface area contributed by atoms with Crippen molar-refractivity contribution < 1.29 is 9.53 Å². The van der Waals surface area contributed by atoms with Gasteiger partial charge in [-0.15, -0.1) is 12.4 Å². The third kappa shape index (κ3) is 3.75. The van der Waals surface area contributed by atoms with E-state index in [1.165, 1.54) is 0 Å². The van der Waals surface area contributed by atoms with E-state index in [0.29, 0.717) is 16.5 Å². The fraction of sp³-hybridized carbons (Fsp3) is 0.462. The van der Waals surface area contributed by atoms with E-state index in [1.807, 2.05) is 0 Å². The Bertz CT molecular complexity index is 454. The summed E-state index contributed by atoms with van der Waals surface area (Å²) >= 11 is 6.00. The minimum atomic E-state index is -0.0918. The second kappa shape index (κ2) is 6.98. The quantitative estimate of drug-likeness (QED) is 0.902. The normalized spacial score (nSPS) is 21.6. The Morgan fingerprint density at radius 3 is 2.74 bits per heavy atom. The van der Waals surface area contributed by atoms with Crippen molar-refractivity contribution in [1.82, 2.24) is 0 Å². The molecule has 1 aliphatic rings. The molecule has 2 atom stereocenters. The molecule has 19 heavy (non-hydrogen) atoms. The minimum absolute atomic E-state index is 0. The van der Waals surface area contributed by atoms with E-state index < -0.39 is 0 Å². The van der Waals surface area contributed by atoms with Crippen LogP contribution in [0.25, 0.3) is 0 Å². The number of carbonyl (C=O) groups is 1. The number of benzene rings is 1. The molecule has 0 aliphatic heterocycles. The molecule has 1 aromatic rings. The van der Waals surface area contributed by atoms with E-state index in [1.54, 1.807) is 25.3 Å². The molecule has 0 spiro atoms. The maximum atomic E-state index is 12.0. The van der Waals surface area contributed by atoms with E-state index >= 15 is 0 Å². The first kappa shape index (κ1) is 16.1. The SMILES string of the molecule is COc1ccc(NC(=O)C2CCCC2N)cc1Cl.Cl. The molecule has 6 heteroatoms. The number of methoxy groups -OCH3 is 1. The van der Waals surface area contributed by atoms with Gasteiger partial charge in [0.1, 0.15) is 5.75 Å². The molecular weight excluding hydrogens is 287 g/mol. The van der Waals surface area contributed by atoms with E-state index in [2.05, 4.69) is 5.32 Å². The van der Waals surface area contributed by atoms with Crippen molar-refractivity contribution >= 4 is 35.6 Å². The van der Waals surface area contributed by atoms with Crippen molar-refractivity contribution in [1.29, 1.82) is 0 Å². The Morgan fingerprint density at radius 2 is 2.21 bits per heavy atom. The van der Waals surface area contributed by atoms with Gasteiger partial charge in [0.25, 0.3) is 0 Å². The molecule has 106 valence electrons. The zero-order valence-electron chi connectivity index (χ0n) is 10.7. The number of hydrogen-bond acceptors (Lipinski definition) is 3. The van der Waals surface area contributed by atoms with Crippen LogP contribution in [0.4, 0.5) is 5.69 Å². The number of amides is 1. The van der Waals surface area contributed by atoms with Crippen molar-refractivity contribution in [2.24, 2.45) is 11.7 Å². The van der Waals surface area contributed by atoms with Crippen molar-refractivity contribution in [2.45, 2.75) is 25.3 Å². The highest BCUT2D eigenvalue weighted by Crippen LogP contribution is 2.29. The number of hydrogen-bond donors (Lipinski definition) is 2. The number of nitrogens with two attached hydrogens (primary N) is 1. The van der Waals surface area contributed by atoms with Gasteiger partial charge in [-0.25, -0.2) is 0 Å². The van der Waals surface area contributed by atoms with Crippen LogP contribution in [0.3, 0.4) is 0 Å². The van der Waals surface area contributed by atoms with Gasteiger partial charge >= 0.3 is 0 Å². The van der Waals surface area contributed by atoms with Crippen molar-refractivity contribution in [3.8, 4) is 5.75 Å². The van der Waals surface area contributed by atoms with Crippen LogP contribution in [0.1, 0.15) is 19.3 Å². The van der Waals surface area contributed by atoms with Crippen LogP contribution in [-0.4, -0.2) is 19.1 Å². The maximum absolute atomic E-state index is 12.0. The molecule has 0 aromatic heterocycles. The van der Waals surface area contributed by atoms with Gasteiger partial charge in [-0.2, -0.15) is 0 Å². The van der Waals surface area contributed by atoms with E-state index in [0.717, 1.165) is 19.3 Å². The predicted octanol–water partition coefficient (Wildman–Crippen LogP) is 2.84. The van der Waals surface area contributed by atoms with Crippen molar-refractivity contribution in [2.75, 3.05) is 12.4 Å². The standard InChI is InChI=1S/C13H17ClN2O2.ClH/c1-18-12-6-5-8(7-10(12)14)16-13(17)9-3-2-4-11(9)15;/h5-7,9,11H,2-4,15H2,1H3,(H,16,17);1H. The first-order valence-corrected chi connectivity index (χ1v) is 6.39. The molecule has 1 aliphatic carbocycles. The summed E-state index contributed by atoms with van der Waals surface area (Å²) in [6.07, 6.45) is 2.79. The molecular formula is C13H18Cl2N2O2. The molecule has 1 aromatic carbocycles. The summed E-state index contributed by atoms with van der Waals surface area (Å²) in [5.41, 5.74) is 6.57. The topological polar surface area (TPSA) is 64.3 Å². The molecule has 1 fully saturated rings. The van der Waals surface area contributed by atoms with Crippen LogP contribution in [0.5, 0.6) is 5.75 Å². The van der Waals surface area contributed by atoms with Gasteiger partial charge in [-0.3, -0.25) is 4.79 Å². The number of nitrogens with one attached hydrogen (secondary N) is 1. The molecule has 2 rings (SSSR count). The van der Waals surface area contributed by atoms with Crippen LogP contribution in [0.15, 0.2) is 18.2 Å². The average Bonchev–Trinajstić information content (AvgIpc) is 2.76. The van der Waals surface area contributed by atoms with Crippen molar-refractivity contribution in [3.05, 3.63) is 23.2 Å². The highest BCUT2D eigenvalue weighted by atomic mass is 35.5. The van der Waals surface area contributed by atoms with Gasteiger partial charge in [0.2, 0.25) is 5.91 Å². The van der Waals surface area contributed by atoms with Crippen LogP contribution < -0.4 is 15.8 Å². The summed E-state index contributed by atoms with van der Waals surface area (Å²) in [7, 11) is 1.55. The number of ether oxygens (including phenoxy) is 1. The summed E-state index contributed by atoms with van der Waals surface area (Å²) in [5.74, 6) is 0.472. The van der Waals surface area contributed by atoms with Crippen LogP contribution in [-0.2, 0) is 4.79 Å². The lowest BCUT2D eigenvalue weighted by molar-refractivity contribution is -0.120. The molecule has 0 heterocycles. The first-order chi connectivity index (χ1) is 8.61. The van der Waals surface area contributed by atoms with Gasteiger partial charge in [-0.05, 0) is 31.0 Å². The van der Waals surface area contributed by atoms with Gasteiger partial charge in [0, 0.05) is 11.7 Å². The fourth-order valence-corrected chi connectivity index (χ4v) is 2.55. The smallest absolute Gasteiger partial charge is 0.229 e. The second-order valence-corrected chi connectivity index (χ2v) is 4.95. The average molecular weight is 305 g/mol. The van der Waals surface area contributed by atoms with Gasteiger partial charge in [-0.1, -0.05) is 18.0 Å². The van der Waals surface area contributed by atoms with E-state index in [-0.39, 0.29) is 30.3 Å². The Balaban J connectivity index is 0.00000180. The van der Waals surface area contributed by atoms with Gasteiger partial charge in [0.15, 0.2) is 0 Å². The van der Waals surface area contributed by atoms with Gasteiger partial charge < -0.3 is 15.8 Å². The Morgan fingerprint density at radius 1 is 1.47 bits per heavy atom. The van der Waals surface area contributed by atoms with Gasteiger partial charge in [0.05, 0.1) is 18.1 Å². The summed E-state index contributed by atoms with van der Waals surface area (Å²) in [4.78, 5) is 12.0. The zero-order valence-corrected chi connectivity index (χ0v) is 12.3. The lowest BCUT2D eigenvalue weighted by Crippen LogP contribution is -2.34. The van der Waals surface area contributed by atoms with Crippen LogP contribution in [0, 0.1) is 5.92 Å². The fourth-order valence-electron chi connectivity index (χ4n) is 2.29. The molecule has 1 saturated carbocycles. The monoisotopic (exact) mass is 304 g/mol. The third-order valence-corrected chi connectivity index (χ3v) is 3.62. The summed E-state index contributed by atoms with van der Waals surface area (Å²) in [5, 5.41) is 3.33. The molecule has 0 saturated heterocycles. The maximum Gasteiger partial charge on any atom is 0.229 e. The van der Waals surface area contributed by atoms with Crippen LogP contribution in [0.2, 0.25) is 5.02 Å². The Hall–Kier alpha value is -0.970. The molecule has 0 bridgehead atoms. The van der Waals surface area contributed by atoms with E-state index in [9.17, 15) is 4.79 Å². The molecule has 4 nitrogen and oxygen atoms in total. The largest absolute Gasteiger partial charge is 0.495 e. The highest BCUT2D eigenvalue weighted by molar-refractivity contribution is 6.32. The summed E-state index contributed by atoms with van der Waals surface area (Å²) in [6, 6.07) is 5.15. The Kier molecular flexibility index (Phi) is 5.91. The number of carbonyl (C=O) groups excluding carboxylic acids is 1. The summed E-state index contributed by atoms with van der Waals surface area (Å²) < 4.78 is 5.06. The number of rotatable bonds is 3. The van der Waals surface area contributed by atoms with Crippen molar-refractivity contribution in [3.63, 3.8) is 0 Å². The number of halogens is 2. The Labute approximate surface area is 124 Å². The predicted molar refractivity (Wildman–Crippen MR) is 79.2 cm³/mol. The minimum Gasteiger partial charge on any atom is -0.495 e. The molecule has 0 radical (unpaired) electrons. The molecule has 3 N–H and O–H groups in total.